The Hall–Kier alpha value is -2.76. The van der Waals surface area contributed by atoms with Gasteiger partial charge >= 0.3 is 5.97 Å². The smallest absolute Gasteiger partial charge is 0.336 e. The number of nitrogens with zero attached hydrogens (tertiary/aromatic N) is 3. The van der Waals surface area contributed by atoms with E-state index in [2.05, 4.69) is 9.97 Å². The van der Waals surface area contributed by atoms with Crippen LogP contribution in [-0.4, -0.2) is 44.9 Å². The maximum Gasteiger partial charge on any atom is 0.336 e. The van der Waals surface area contributed by atoms with Crippen LogP contribution in [0.15, 0.2) is 36.7 Å². The van der Waals surface area contributed by atoms with Crippen LogP contribution in [0.2, 0.25) is 0 Å². The number of carboxylic acids is 1. The minimum Gasteiger partial charge on any atom is -0.478 e. The Morgan fingerprint density at radius 1 is 1.25 bits per heavy atom. The molecule has 124 valence electrons. The SMILES string of the molecule is CC(=O)N1CCC[C@H](c2cncc(-c3ccccc3C(=O)O)n2)C1. The van der Waals surface area contributed by atoms with Crippen LogP contribution in [-0.2, 0) is 4.79 Å². The van der Waals surface area contributed by atoms with E-state index >= 15 is 0 Å². The number of hydrogen-bond donors (Lipinski definition) is 1. The summed E-state index contributed by atoms with van der Waals surface area (Å²) in [6.45, 7) is 2.99. The van der Waals surface area contributed by atoms with Crippen molar-refractivity contribution in [2.45, 2.75) is 25.7 Å². The molecule has 0 spiro atoms. The Balaban J connectivity index is 1.93. The number of carbonyl (C=O) groups is 2. The van der Waals surface area contributed by atoms with Gasteiger partial charge in [0.2, 0.25) is 5.91 Å². The van der Waals surface area contributed by atoms with Crippen molar-refractivity contribution in [3.8, 4) is 11.3 Å². The van der Waals surface area contributed by atoms with Gasteiger partial charge in [0.15, 0.2) is 0 Å². The fraction of sp³-hybridized carbons (Fsp3) is 0.333. The zero-order valence-corrected chi connectivity index (χ0v) is 13.5. The Labute approximate surface area is 140 Å². The summed E-state index contributed by atoms with van der Waals surface area (Å²) in [7, 11) is 0. The normalized spacial score (nSPS) is 17.5. The van der Waals surface area contributed by atoms with E-state index in [1.807, 2.05) is 4.90 Å². The molecule has 0 radical (unpaired) electrons. The lowest BCUT2D eigenvalue weighted by Crippen LogP contribution is -2.37. The number of amides is 1. The predicted molar refractivity (Wildman–Crippen MR) is 88.7 cm³/mol. The summed E-state index contributed by atoms with van der Waals surface area (Å²) in [6.07, 6.45) is 5.17. The molecule has 1 aliphatic heterocycles. The molecule has 1 N–H and O–H groups in total. The zero-order valence-electron chi connectivity index (χ0n) is 13.5. The van der Waals surface area contributed by atoms with E-state index in [1.54, 1.807) is 43.6 Å². The highest BCUT2D eigenvalue weighted by Gasteiger charge is 2.24. The molecule has 1 saturated heterocycles. The largest absolute Gasteiger partial charge is 0.478 e. The van der Waals surface area contributed by atoms with Gasteiger partial charge in [0.1, 0.15) is 0 Å². The van der Waals surface area contributed by atoms with Crippen molar-refractivity contribution >= 4 is 11.9 Å². The summed E-state index contributed by atoms with van der Waals surface area (Å²) >= 11 is 0. The molecule has 1 fully saturated rings. The van der Waals surface area contributed by atoms with Gasteiger partial charge in [-0.1, -0.05) is 18.2 Å². The molecule has 1 atom stereocenters. The molecule has 24 heavy (non-hydrogen) atoms. The van der Waals surface area contributed by atoms with Crippen LogP contribution in [0.1, 0.15) is 41.7 Å². The minimum atomic E-state index is -0.988. The van der Waals surface area contributed by atoms with E-state index in [-0.39, 0.29) is 17.4 Å². The number of aromatic carboxylic acids is 1. The quantitative estimate of drug-likeness (QED) is 0.937. The lowest BCUT2D eigenvalue weighted by Gasteiger charge is -2.31. The van der Waals surface area contributed by atoms with Gasteiger partial charge in [-0.15, -0.1) is 0 Å². The van der Waals surface area contributed by atoms with Crippen LogP contribution in [0.5, 0.6) is 0 Å². The Bertz CT molecular complexity index is 776. The third-order valence-electron chi connectivity index (χ3n) is 4.37. The van der Waals surface area contributed by atoms with E-state index in [0.29, 0.717) is 17.8 Å². The van der Waals surface area contributed by atoms with Crippen LogP contribution in [0.4, 0.5) is 0 Å². The molecule has 0 unspecified atom stereocenters. The molecule has 6 nitrogen and oxygen atoms in total. The second kappa shape index (κ2) is 6.78. The van der Waals surface area contributed by atoms with Crippen molar-refractivity contribution in [2.75, 3.05) is 13.1 Å². The number of carboxylic acid groups (broad SMARTS) is 1. The van der Waals surface area contributed by atoms with Gasteiger partial charge in [0.05, 0.1) is 23.1 Å². The van der Waals surface area contributed by atoms with Crippen molar-refractivity contribution in [3.63, 3.8) is 0 Å². The summed E-state index contributed by atoms with van der Waals surface area (Å²) in [6, 6.07) is 6.77. The molecule has 2 heterocycles. The highest BCUT2D eigenvalue weighted by atomic mass is 16.4. The molecule has 1 aromatic carbocycles. The molecular formula is C18H19N3O3. The van der Waals surface area contributed by atoms with Crippen LogP contribution >= 0.6 is 0 Å². The summed E-state index contributed by atoms with van der Waals surface area (Å²) in [5.74, 6) is -0.787. The minimum absolute atomic E-state index is 0.0695. The van der Waals surface area contributed by atoms with Gasteiger partial charge in [0, 0.05) is 37.7 Å². The van der Waals surface area contributed by atoms with Crippen molar-refractivity contribution in [2.24, 2.45) is 0 Å². The maximum absolute atomic E-state index is 11.6. The molecular weight excluding hydrogens is 306 g/mol. The van der Waals surface area contributed by atoms with Crippen molar-refractivity contribution in [3.05, 3.63) is 47.9 Å². The Kier molecular flexibility index (Phi) is 4.55. The van der Waals surface area contributed by atoms with Crippen LogP contribution in [0, 0.1) is 0 Å². The number of hydrogen-bond acceptors (Lipinski definition) is 4. The van der Waals surface area contributed by atoms with Crippen molar-refractivity contribution < 1.29 is 14.7 Å². The van der Waals surface area contributed by atoms with Gasteiger partial charge in [-0.05, 0) is 18.9 Å². The molecule has 0 saturated carbocycles. The zero-order chi connectivity index (χ0) is 17.1. The van der Waals surface area contributed by atoms with Gasteiger partial charge in [0.25, 0.3) is 0 Å². The molecule has 1 aromatic heterocycles. The monoisotopic (exact) mass is 325 g/mol. The Morgan fingerprint density at radius 3 is 2.79 bits per heavy atom. The molecule has 1 aliphatic rings. The van der Waals surface area contributed by atoms with Gasteiger partial charge < -0.3 is 10.0 Å². The first-order valence-corrected chi connectivity index (χ1v) is 7.96. The number of carbonyl (C=O) groups excluding carboxylic acids is 1. The van der Waals surface area contributed by atoms with Crippen LogP contribution in [0.25, 0.3) is 11.3 Å². The maximum atomic E-state index is 11.6. The second-order valence-corrected chi connectivity index (χ2v) is 5.98. The summed E-state index contributed by atoms with van der Waals surface area (Å²) in [5.41, 5.74) is 2.11. The third-order valence-corrected chi connectivity index (χ3v) is 4.37. The first kappa shape index (κ1) is 16.1. The summed E-state index contributed by atoms with van der Waals surface area (Å²) in [5, 5.41) is 9.35. The average molecular weight is 325 g/mol. The van der Waals surface area contributed by atoms with Crippen LogP contribution < -0.4 is 0 Å². The number of benzene rings is 1. The number of aromatic nitrogens is 2. The molecule has 2 aromatic rings. The number of rotatable bonds is 3. The molecule has 1 amide bonds. The van der Waals surface area contributed by atoms with E-state index in [9.17, 15) is 14.7 Å². The predicted octanol–water partition coefficient (Wildman–Crippen LogP) is 2.57. The third kappa shape index (κ3) is 3.27. The van der Waals surface area contributed by atoms with E-state index in [0.717, 1.165) is 25.1 Å². The average Bonchev–Trinajstić information content (AvgIpc) is 2.62. The lowest BCUT2D eigenvalue weighted by atomic mass is 9.94. The highest BCUT2D eigenvalue weighted by Crippen LogP contribution is 2.28. The second-order valence-electron chi connectivity index (χ2n) is 5.98. The van der Waals surface area contributed by atoms with Gasteiger partial charge in [-0.25, -0.2) is 9.78 Å². The highest BCUT2D eigenvalue weighted by molar-refractivity contribution is 5.95. The van der Waals surface area contributed by atoms with Crippen molar-refractivity contribution in [1.82, 2.24) is 14.9 Å². The standard InChI is InChI=1S/C18H19N3O3/c1-12(22)21-8-4-5-13(11-21)16-9-19-10-17(20-16)14-6-2-3-7-15(14)18(23)24/h2-3,6-7,9-10,13H,4-5,8,11H2,1H3,(H,23,24)/t13-/m0/s1. The molecule has 6 heteroatoms. The fourth-order valence-corrected chi connectivity index (χ4v) is 3.11. The number of piperidine rings is 1. The van der Waals surface area contributed by atoms with E-state index in [4.69, 9.17) is 0 Å². The van der Waals surface area contributed by atoms with Crippen molar-refractivity contribution in [1.29, 1.82) is 0 Å². The first-order chi connectivity index (χ1) is 11.6. The van der Waals surface area contributed by atoms with E-state index < -0.39 is 5.97 Å². The summed E-state index contributed by atoms with van der Waals surface area (Å²) in [4.78, 5) is 33.7. The molecule has 3 rings (SSSR count). The lowest BCUT2D eigenvalue weighted by molar-refractivity contribution is -0.130. The molecule has 0 aliphatic carbocycles. The van der Waals surface area contributed by atoms with Crippen LogP contribution in [0.3, 0.4) is 0 Å². The van der Waals surface area contributed by atoms with E-state index in [1.165, 1.54) is 0 Å². The Morgan fingerprint density at radius 2 is 2.04 bits per heavy atom. The fourth-order valence-electron chi connectivity index (χ4n) is 3.11. The van der Waals surface area contributed by atoms with Gasteiger partial charge in [-0.2, -0.15) is 0 Å². The topological polar surface area (TPSA) is 83.4 Å². The number of likely N-dealkylation sites (tertiary alicyclic amines) is 1. The first-order valence-electron chi connectivity index (χ1n) is 7.96. The van der Waals surface area contributed by atoms with Gasteiger partial charge in [-0.3, -0.25) is 9.78 Å². The molecule has 0 bridgehead atoms. The summed E-state index contributed by atoms with van der Waals surface area (Å²) < 4.78 is 0.